The van der Waals surface area contributed by atoms with Crippen LogP contribution in [0.25, 0.3) is 0 Å². The first-order chi connectivity index (χ1) is 17.8. The van der Waals surface area contributed by atoms with E-state index in [1.807, 2.05) is 32.0 Å². The molecular formula is C29H44N4O5. The summed E-state index contributed by atoms with van der Waals surface area (Å²) >= 11 is 0. The van der Waals surface area contributed by atoms with Crippen molar-refractivity contribution in [2.45, 2.75) is 122 Å². The molecule has 1 aromatic carbocycles. The molecule has 3 rings (SSSR count). The minimum absolute atomic E-state index is 0.0143. The Kier molecular flexibility index (Phi) is 9.79. The van der Waals surface area contributed by atoms with Crippen molar-refractivity contribution < 1.29 is 23.9 Å². The van der Waals surface area contributed by atoms with Gasteiger partial charge in [-0.15, -0.1) is 0 Å². The topological polar surface area (TPSA) is 131 Å². The number of nitrogens with two attached hydrogens (primary N) is 1. The van der Waals surface area contributed by atoms with E-state index >= 15 is 0 Å². The lowest BCUT2D eigenvalue weighted by Gasteiger charge is -2.36. The Morgan fingerprint density at radius 2 is 1.61 bits per heavy atom. The van der Waals surface area contributed by atoms with Crippen LogP contribution >= 0.6 is 0 Å². The van der Waals surface area contributed by atoms with Crippen molar-refractivity contribution in [1.82, 2.24) is 15.5 Å². The second kappa shape index (κ2) is 12.6. The van der Waals surface area contributed by atoms with Gasteiger partial charge in [0.2, 0.25) is 17.7 Å². The fourth-order valence-electron chi connectivity index (χ4n) is 5.18. The van der Waals surface area contributed by atoms with Crippen molar-refractivity contribution in [2.24, 2.45) is 5.73 Å². The summed E-state index contributed by atoms with van der Waals surface area (Å²) in [6.07, 6.45) is 5.83. The number of nitrogens with one attached hydrogen (secondary N) is 2. The summed E-state index contributed by atoms with van der Waals surface area (Å²) in [4.78, 5) is 53.9. The van der Waals surface area contributed by atoms with Gasteiger partial charge in [-0.25, -0.2) is 4.79 Å². The summed E-state index contributed by atoms with van der Waals surface area (Å²) in [5, 5.41) is 5.87. The number of ether oxygens (including phenoxy) is 1. The number of rotatable bonds is 10. The normalized spacial score (nSPS) is 17.7. The zero-order valence-electron chi connectivity index (χ0n) is 23.5. The molecule has 2 aliphatic carbocycles. The predicted molar refractivity (Wildman–Crippen MR) is 145 cm³/mol. The molecule has 2 aliphatic rings. The average molecular weight is 529 g/mol. The number of nitrogens with zero attached hydrogens (tertiary/aromatic N) is 1. The van der Waals surface area contributed by atoms with Crippen molar-refractivity contribution in [2.75, 3.05) is 0 Å². The molecule has 2 unspecified atom stereocenters. The van der Waals surface area contributed by atoms with Crippen LogP contribution in [0.3, 0.4) is 0 Å². The van der Waals surface area contributed by atoms with Crippen LogP contribution in [0.5, 0.6) is 0 Å². The predicted octanol–water partition coefficient (Wildman–Crippen LogP) is 3.94. The monoisotopic (exact) mass is 528 g/mol. The number of carbonyl (C=O) groups excluding carboxylic acids is 4. The van der Waals surface area contributed by atoms with E-state index in [1.54, 1.807) is 25.7 Å². The van der Waals surface area contributed by atoms with Gasteiger partial charge in [0, 0.05) is 18.5 Å². The zero-order valence-corrected chi connectivity index (χ0v) is 23.5. The maximum Gasteiger partial charge on any atom is 0.408 e. The Morgan fingerprint density at radius 1 is 1.00 bits per heavy atom. The number of aryl methyl sites for hydroxylation is 2. The molecule has 9 nitrogen and oxygen atoms in total. The van der Waals surface area contributed by atoms with Gasteiger partial charge in [-0.05, 0) is 72.3 Å². The molecule has 9 heteroatoms. The number of amides is 4. The molecule has 210 valence electrons. The molecule has 4 amide bonds. The number of benzene rings is 1. The van der Waals surface area contributed by atoms with Crippen LogP contribution in [-0.4, -0.2) is 52.4 Å². The summed E-state index contributed by atoms with van der Waals surface area (Å²) in [5.41, 5.74) is 7.35. The molecule has 0 radical (unpaired) electrons. The minimum Gasteiger partial charge on any atom is -0.444 e. The first-order valence-electron chi connectivity index (χ1n) is 13.8. The fourth-order valence-corrected chi connectivity index (χ4v) is 5.18. The van der Waals surface area contributed by atoms with E-state index in [-0.39, 0.29) is 30.8 Å². The lowest BCUT2D eigenvalue weighted by molar-refractivity contribution is -0.143. The van der Waals surface area contributed by atoms with Crippen molar-refractivity contribution in [3.8, 4) is 0 Å². The van der Waals surface area contributed by atoms with Gasteiger partial charge in [0.05, 0.1) is 0 Å². The molecule has 38 heavy (non-hydrogen) atoms. The van der Waals surface area contributed by atoms with E-state index in [9.17, 15) is 19.2 Å². The number of alkyl carbamates (subject to hydrolysis) is 1. The van der Waals surface area contributed by atoms with Gasteiger partial charge in [-0.2, -0.15) is 0 Å². The van der Waals surface area contributed by atoms with Crippen LogP contribution < -0.4 is 16.4 Å². The quantitative estimate of drug-likeness (QED) is 0.423. The van der Waals surface area contributed by atoms with Gasteiger partial charge >= 0.3 is 6.09 Å². The SMILES string of the molecule is Cc1cc(C)cc(C(C(=O)NC2CCCCC2)N(C(=O)C(CCC(N)=O)NC(=O)OC(C)(C)C)C2CC2)c1. The zero-order chi connectivity index (χ0) is 28.0. The molecule has 4 N–H and O–H groups in total. The third-order valence-corrected chi connectivity index (χ3v) is 6.90. The lowest BCUT2D eigenvalue weighted by Crippen LogP contribution is -2.54. The first-order valence-corrected chi connectivity index (χ1v) is 13.8. The number of hydrogen-bond acceptors (Lipinski definition) is 5. The summed E-state index contributed by atoms with van der Waals surface area (Å²) in [5.74, 6) is -1.21. The van der Waals surface area contributed by atoms with Crippen LogP contribution in [0.2, 0.25) is 0 Å². The second-order valence-electron chi connectivity index (χ2n) is 11.8. The van der Waals surface area contributed by atoms with Crippen molar-refractivity contribution >= 4 is 23.8 Å². The lowest BCUT2D eigenvalue weighted by atomic mass is 9.94. The maximum atomic E-state index is 14.1. The Labute approximate surface area is 226 Å². The summed E-state index contributed by atoms with van der Waals surface area (Å²) in [6.45, 7) is 9.13. The van der Waals surface area contributed by atoms with E-state index < -0.39 is 35.6 Å². The van der Waals surface area contributed by atoms with E-state index in [4.69, 9.17) is 10.5 Å². The second-order valence-corrected chi connectivity index (χ2v) is 11.8. The van der Waals surface area contributed by atoms with E-state index in [0.717, 1.165) is 61.6 Å². The first kappa shape index (κ1) is 29.5. The highest BCUT2D eigenvalue weighted by atomic mass is 16.6. The van der Waals surface area contributed by atoms with Crippen molar-refractivity contribution in [1.29, 1.82) is 0 Å². The molecule has 0 aromatic heterocycles. The van der Waals surface area contributed by atoms with Gasteiger partial charge in [-0.1, -0.05) is 48.6 Å². The molecule has 0 heterocycles. The number of carbonyl (C=O) groups is 4. The van der Waals surface area contributed by atoms with Gasteiger partial charge < -0.3 is 26.0 Å². The van der Waals surface area contributed by atoms with Crippen LogP contribution in [0.4, 0.5) is 4.79 Å². The Bertz CT molecular complexity index is 1000. The Balaban J connectivity index is 1.96. The van der Waals surface area contributed by atoms with Crippen molar-refractivity contribution in [3.63, 3.8) is 0 Å². The third-order valence-electron chi connectivity index (χ3n) is 6.90. The van der Waals surface area contributed by atoms with Gasteiger partial charge in [0.1, 0.15) is 17.7 Å². The van der Waals surface area contributed by atoms with Gasteiger partial charge in [0.25, 0.3) is 0 Å². The maximum absolute atomic E-state index is 14.1. The molecule has 2 saturated carbocycles. The highest BCUT2D eigenvalue weighted by Gasteiger charge is 2.44. The molecule has 1 aromatic rings. The largest absolute Gasteiger partial charge is 0.444 e. The smallest absolute Gasteiger partial charge is 0.408 e. The fraction of sp³-hybridized carbons (Fsp3) is 0.655. The molecule has 0 bridgehead atoms. The van der Waals surface area contributed by atoms with Crippen LogP contribution in [0.15, 0.2) is 18.2 Å². The van der Waals surface area contributed by atoms with Gasteiger partial charge in [-0.3, -0.25) is 14.4 Å². The molecule has 0 saturated heterocycles. The van der Waals surface area contributed by atoms with Gasteiger partial charge in [0.15, 0.2) is 0 Å². The number of primary amides is 1. The van der Waals surface area contributed by atoms with Crippen LogP contribution in [0.1, 0.15) is 101 Å². The summed E-state index contributed by atoms with van der Waals surface area (Å²) in [6, 6.07) is 3.94. The van der Waals surface area contributed by atoms with E-state index in [0.29, 0.717) is 0 Å². The van der Waals surface area contributed by atoms with Crippen LogP contribution in [0, 0.1) is 13.8 Å². The summed E-state index contributed by atoms with van der Waals surface area (Å²) < 4.78 is 5.39. The summed E-state index contributed by atoms with van der Waals surface area (Å²) in [7, 11) is 0. The molecule has 2 atom stereocenters. The molecule has 0 spiro atoms. The number of hydrogen-bond donors (Lipinski definition) is 3. The van der Waals surface area contributed by atoms with Crippen LogP contribution in [-0.2, 0) is 19.1 Å². The van der Waals surface area contributed by atoms with E-state index in [2.05, 4.69) is 10.6 Å². The third kappa shape index (κ3) is 8.74. The Morgan fingerprint density at radius 3 is 2.13 bits per heavy atom. The molecule has 0 aliphatic heterocycles. The highest BCUT2D eigenvalue weighted by molar-refractivity contribution is 5.93. The molecule has 2 fully saturated rings. The minimum atomic E-state index is -1.06. The highest BCUT2D eigenvalue weighted by Crippen LogP contribution is 2.37. The molecular weight excluding hydrogens is 484 g/mol. The average Bonchev–Trinajstić information content (AvgIpc) is 3.63. The Hall–Kier alpha value is -3.10. The van der Waals surface area contributed by atoms with E-state index in [1.165, 1.54) is 0 Å². The standard InChI is InChI=1S/C29H44N4O5/c1-18-15-19(2)17-20(16-18)25(26(35)31-21-9-7-6-8-10-21)33(22-11-12-22)27(36)23(13-14-24(30)34)32-28(37)38-29(3,4)5/h15-17,21-23,25H,6-14H2,1-5H3,(H2,30,34)(H,31,35)(H,32,37). The van der Waals surface area contributed by atoms with Crippen molar-refractivity contribution in [3.05, 3.63) is 34.9 Å².